The van der Waals surface area contributed by atoms with Crippen LogP contribution in [0.2, 0.25) is 0 Å². The third kappa shape index (κ3) is 3.81. The molecule has 0 amide bonds. The molecule has 0 atom stereocenters. The zero-order valence-electron chi connectivity index (χ0n) is 6.11. The van der Waals surface area contributed by atoms with E-state index in [1.54, 1.807) is 0 Å². The maximum Gasteiger partial charge on any atom is 0.491 e. The van der Waals surface area contributed by atoms with Gasteiger partial charge in [0, 0.05) is 6.92 Å². The van der Waals surface area contributed by atoms with Crippen LogP contribution in [0.5, 0.6) is 0 Å². The summed E-state index contributed by atoms with van der Waals surface area (Å²) in [4.78, 5) is 19.8. The Morgan fingerprint density at radius 3 is 1.62 bits per heavy atom. The van der Waals surface area contributed by atoms with Crippen LogP contribution in [0.3, 0.4) is 0 Å². The van der Waals surface area contributed by atoms with Gasteiger partial charge in [-0.25, -0.2) is 9.59 Å². The smallest absolute Gasteiger partial charge is 0.382 e. The zero-order chi connectivity index (χ0) is 10.9. The van der Waals surface area contributed by atoms with Crippen molar-refractivity contribution in [3.63, 3.8) is 0 Å². The summed E-state index contributed by atoms with van der Waals surface area (Å²) in [6, 6.07) is 0. The second-order valence-electron chi connectivity index (χ2n) is 2.06. The number of esters is 2. The van der Waals surface area contributed by atoms with Crippen molar-refractivity contribution in [3.05, 3.63) is 0 Å². The molecule has 0 N–H and O–H groups in total. The summed E-state index contributed by atoms with van der Waals surface area (Å²) in [7, 11) is 0. The van der Waals surface area contributed by atoms with Crippen molar-refractivity contribution in [2.45, 2.75) is 19.0 Å². The van der Waals surface area contributed by atoms with Gasteiger partial charge in [-0.05, 0) is 0 Å². The van der Waals surface area contributed by atoms with Crippen LogP contribution in [0.15, 0.2) is 0 Å². The number of rotatable bonds is 1. The molecule has 0 unspecified atom stereocenters. The van der Waals surface area contributed by atoms with Gasteiger partial charge in [0.15, 0.2) is 0 Å². The Morgan fingerprint density at radius 2 is 1.38 bits per heavy atom. The largest absolute Gasteiger partial charge is 0.491 e. The normalized spacial score (nSPS) is 12.5. The lowest BCUT2D eigenvalue weighted by Crippen LogP contribution is -2.35. The van der Waals surface area contributed by atoms with Crippen LogP contribution in [0, 0.1) is 0 Å². The third-order valence-corrected chi connectivity index (χ3v) is 0.775. The van der Waals surface area contributed by atoms with E-state index in [9.17, 15) is 31.5 Å². The molecule has 0 aromatic rings. The molecule has 0 rings (SSSR count). The first-order valence-electron chi connectivity index (χ1n) is 2.76. The highest BCUT2D eigenvalue weighted by molar-refractivity contribution is 5.91. The highest BCUT2D eigenvalue weighted by atomic mass is 19.4. The van der Waals surface area contributed by atoms with Crippen molar-refractivity contribution in [1.82, 2.24) is 0 Å². The molecular weight excluding hydrogens is 203 g/mol. The number of hydrogen-bond acceptors (Lipinski definition) is 3. The van der Waals surface area contributed by atoms with Crippen LogP contribution in [-0.2, 0) is 14.3 Å². The average molecular weight is 206 g/mol. The third-order valence-electron chi connectivity index (χ3n) is 0.775. The van der Waals surface area contributed by atoms with Gasteiger partial charge in [0.1, 0.15) is 0 Å². The summed E-state index contributed by atoms with van der Waals surface area (Å²) in [5.74, 6) is -9.62. The van der Waals surface area contributed by atoms with Gasteiger partial charge in [-0.15, -0.1) is 0 Å². The van der Waals surface area contributed by atoms with E-state index < -0.39 is 24.0 Å². The molecule has 0 saturated carbocycles. The molecule has 0 aromatic carbocycles. The molecule has 0 saturated heterocycles. The molecule has 13 heavy (non-hydrogen) atoms. The van der Waals surface area contributed by atoms with Gasteiger partial charge in [-0.2, -0.15) is 22.0 Å². The fourth-order valence-electron chi connectivity index (χ4n) is 0.232. The van der Waals surface area contributed by atoms with Gasteiger partial charge >= 0.3 is 24.0 Å². The molecular formula is C5H3F5O3. The van der Waals surface area contributed by atoms with Crippen LogP contribution in [0.25, 0.3) is 0 Å². The summed E-state index contributed by atoms with van der Waals surface area (Å²) in [6.07, 6.45) is -5.46. The van der Waals surface area contributed by atoms with Crippen molar-refractivity contribution < 1.29 is 36.3 Å². The van der Waals surface area contributed by atoms with E-state index in [2.05, 4.69) is 4.74 Å². The lowest BCUT2D eigenvalue weighted by molar-refractivity contribution is -0.209. The Hall–Kier alpha value is -1.21. The van der Waals surface area contributed by atoms with Crippen LogP contribution in [0.4, 0.5) is 22.0 Å². The van der Waals surface area contributed by atoms with Gasteiger partial charge in [0.05, 0.1) is 0 Å². The van der Waals surface area contributed by atoms with E-state index >= 15 is 0 Å². The predicted octanol–water partition coefficient (Wildman–Crippen LogP) is 1.27. The molecule has 76 valence electrons. The van der Waals surface area contributed by atoms with Gasteiger partial charge in [0.2, 0.25) is 0 Å². The number of hydrogen-bond donors (Lipinski definition) is 0. The van der Waals surface area contributed by atoms with Crippen LogP contribution >= 0.6 is 0 Å². The molecule has 0 bridgehead atoms. The summed E-state index contributed by atoms with van der Waals surface area (Å²) >= 11 is 0. The number of halogens is 5. The summed E-state index contributed by atoms with van der Waals surface area (Å²) < 4.78 is 60.5. The fraction of sp³-hybridized carbons (Fsp3) is 0.600. The Bertz CT molecular complexity index is 201. The average Bonchev–Trinajstić information content (AvgIpc) is 1.82. The topological polar surface area (TPSA) is 43.4 Å². The Balaban J connectivity index is 4.34. The van der Waals surface area contributed by atoms with Crippen LogP contribution in [0.1, 0.15) is 6.92 Å². The second-order valence-corrected chi connectivity index (χ2v) is 2.06. The van der Waals surface area contributed by atoms with Crippen molar-refractivity contribution in [1.29, 1.82) is 0 Å². The molecule has 0 spiro atoms. The standard InChI is InChI=1S/C5H3F5O3/c1-4(6,7)2(11)13-3(12)5(8,9)10/h1H3. The predicted molar refractivity (Wildman–Crippen MR) is 27.8 cm³/mol. The van der Waals surface area contributed by atoms with E-state index in [1.807, 2.05) is 0 Å². The minimum absolute atomic E-state index is 0.0129. The number of alkyl halides is 5. The molecule has 0 aliphatic rings. The second kappa shape index (κ2) is 3.27. The van der Waals surface area contributed by atoms with Gasteiger partial charge in [-0.1, -0.05) is 0 Å². The SMILES string of the molecule is CC(F)(F)C(=O)OC(=O)C(F)(F)F. The molecule has 0 radical (unpaired) electrons. The molecule has 0 aliphatic heterocycles. The van der Waals surface area contributed by atoms with E-state index in [0.717, 1.165) is 0 Å². The van der Waals surface area contributed by atoms with E-state index in [-0.39, 0.29) is 6.92 Å². The highest BCUT2D eigenvalue weighted by Crippen LogP contribution is 2.20. The Kier molecular flexibility index (Phi) is 2.96. The number of carbonyl (C=O) groups is 2. The fourth-order valence-corrected chi connectivity index (χ4v) is 0.232. The quantitative estimate of drug-likeness (QED) is 0.368. The van der Waals surface area contributed by atoms with Crippen molar-refractivity contribution in [3.8, 4) is 0 Å². The minimum atomic E-state index is -5.46. The van der Waals surface area contributed by atoms with Gasteiger partial charge < -0.3 is 4.74 Å². The maximum absolute atomic E-state index is 11.9. The number of carbonyl (C=O) groups excluding carboxylic acids is 2. The van der Waals surface area contributed by atoms with Gasteiger partial charge in [0.25, 0.3) is 0 Å². The lowest BCUT2D eigenvalue weighted by Gasteiger charge is -2.09. The van der Waals surface area contributed by atoms with E-state index in [4.69, 9.17) is 0 Å². The van der Waals surface area contributed by atoms with E-state index in [0.29, 0.717) is 0 Å². The number of ether oxygens (including phenoxy) is 1. The molecule has 3 nitrogen and oxygen atoms in total. The first-order chi connectivity index (χ1) is 5.55. The maximum atomic E-state index is 11.9. The monoisotopic (exact) mass is 206 g/mol. The van der Waals surface area contributed by atoms with Crippen LogP contribution < -0.4 is 0 Å². The molecule has 0 aromatic heterocycles. The first kappa shape index (κ1) is 11.8. The summed E-state index contributed by atoms with van der Waals surface area (Å²) in [5, 5.41) is 0. The highest BCUT2D eigenvalue weighted by Gasteiger charge is 2.46. The minimum Gasteiger partial charge on any atom is -0.382 e. The van der Waals surface area contributed by atoms with Crippen LogP contribution in [-0.4, -0.2) is 24.0 Å². The molecule has 8 heteroatoms. The first-order valence-corrected chi connectivity index (χ1v) is 2.76. The molecule has 0 aliphatic carbocycles. The lowest BCUT2D eigenvalue weighted by atomic mass is 10.4. The molecule has 0 heterocycles. The Labute approximate surface area is 68.5 Å². The molecule has 0 fully saturated rings. The summed E-state index contributed by atoms with van der Waals surface area (Å²) in [5.41, 5.74) is 0. The van der Waals surface area contributed by atoms with E-state index in [1.165, 1.54) is 0 Å². The summed E-state index contributed by atoms with van der Waals surface area (Å²) in [6.45, 7) is 0.0129. The van der Waals surface area contributed by atoms with Crippen molar-refractivity contribution >= 4 is 11.9 Å². The zero-order valence-corrected chi connectivity index (χ0v) is 6.11. The van der Waals surface area contributed by atoms with Gasteiger partial charge in [-0.3, -0.25) is 0 Å². The Morgan fingerprint density at radius 1 is 1.00 bits per heavy atom. The van der Waals surface area contributed by atoms with Crippen molar-refractivity contribution in [2.75, 3.05) is 0 Å². The van der Waals surface area contributed by atoms with Crippen molar-refractivity contribution in [2.24, 2.45) is 0 Å².